The van der Waals surface area contributed by atoms with E-state index in [0.29, 0.717) is 5.13 Å². The molecule has 0 saturated heterocycles. The zero-order valence-electron chi connectivity index (χ0n) is 11.8. The van der Waals surface area contributed by atoms with Crippen molar-refractivity contribution in [2.45, 2.75) is 23.6 Å². The molecule has 6 heteroatoms. The lowest BCUT2D eigenvalue weighted by molar-refractivity contribution is -0.117. The summed E-state index contributed by atoms with van der Waals surface area (Å²) in [5.41, 5.74) is 1.02. The van der Waals surface area contributed by atoms with Gasteiger partial charge in [-0.2, -0.15) is 0 Å². The van der Waals surface area contributed by atoms with E-state index in [1.807, 2.05) is 43.3 Å². The van der Waals surface area contributed by atoms with E-state index in [-0.39, 0.29) is 11.8 Å². The summed E-state index contributed by atoms with van der Waals surface area (Å²) in [6.07, 6.45) is 2.56. The van der Waals surface area contributed by atoms with Gasteiger partial charge in [-0.15, -0.1) is 16.8 Å². The van der Waals surface area contributed by atoms with Gasteiger partial charge < -0.3 is 0 Å². The predicted octanol–water partition coefficient (Wildman–Crippen LogP) is 3.95. The van der Waals surface area contributed by atoms with E-state index >= 15 is 0 Å². The van der Waals surface area contributed by atoms with E-state index in [1.54, 1.807) is 11.8 Å². The van der Waals surface area contributed by atoms with Crippen molar-refractivity contribution in [1.29, 1.82) is 0 Å². The molecule has 110 valence electrons. The summed E-state index contributed by atoms with van der Waals surface area (Å²) in [7, 11) is 0. The van der Waals surface area contributed by atoms with Gasteiger partial charge in [-0.1, -0.05) is 66.4 Å². The van der Waals surface area contributed by atoms with Gasteiger partial charge in [-0.05, 0) is 12.0 Å². The monoisotopic (exact) mass is 319 g/mol. The van der Waals surface area contributed by atoms with Crippen LogP contribution in [-0.2, 0) is 4.79 Å². The maximum atomic E-state index is 12.4. The third-order valence-corrected chi connectivity index (χ3v) is 4.86. The van der Waals surface area contributed by atoms with Crippen molar-refractivity contribution >= 4 is 34.1 Å². The fraction of sp³-hybridized carbons (Fsp3) is 0.267. The molecule has 0 saturated carbocycles. The lowest BCUT2D eigenvalue weighted by atomic mass is 9.96. The molecule has 1 aromatic heterocycles. The second-order valence-corrected chi connectivity index (χ2v) is 6.58. The summed E-state index contributed by atoms with van der Waals surface area (Å²) in [6.45, 7) is 5.67. The molecular weight excluding hydrogens is 302 g/mol. The minimum atomic E-state index is -0.167. The molecule has 0 aliphatic heterocycles. The van der Waals surface area contributed by atoms with Crippen molar-refractivity contribution in [1.82, 2.24) is 10.2 Å². The molecule has 4 nitrogen and oxygen atoms in total. The van der Waals surface area contributed by atoms with Crippen molar-refractivity contribution in [3.8, 4) is 0 Å². The fourth-order valence-corrected chi connectivity index (χ4v) is 3.42. The van der Waals surface area contributed by atoms with Crippen molar-refractivity contribution in [2.24, 2.45) is 0 Å². The minimum absolute atomic E-state index is 0.0416. The summed E-state index contributed by atoms with van der Waals surface area (Å²) >= 11 is 2.94. The molecule has 1 aromatic carbocycles. The highest BCUT2D eigenvalue weighted by Gasteiger charge is 2.19. The molecular formula is C15H17N3OS2. The first-order chi connectivity index (χ1) is 10.2. The van der Waals surface area contributed by atoms with Crippen LogP contribution in [0.5, 0.6) is 0 Å². The van der Waals surface area contributed by atoms with Crippen LogP contribution in [0.4, 0.5) is 5.13 Å². The number of amides is 1. The van der Waals surface area contributed by atoms with Crippen LogP contribution < -0.4 is 5.32 Å². The second-order valence-electron chi connectivity index (χ2n) is 4.33. The van der Waals surface area contributed by atoms with Crippen LogP contribution in [0.2, 0.25) is 0 Å². The van der Waals surface area contributed by atoms with E-state index < -0.39 is 0 Å². The maximum absolute atomic E-state index is 12.4. The number of rotatable bonds is 7. The zero-order valence-corrected chi connectivity index (χ0v) is 13.4. The highest BCUT2D eigenvalue weighted by atomic mass is 32.2. The van der Waals surface area contributed by atoms with Crippen molar-refractivity contribution in [3.05, 3.63) is 48.6 Å². The molecule has 0 unspecified atom stereocenters. The number of aromatic nitrogens is 2. The molecule has 0 fully saturated rings. The Kier molecular flexibility index (Phi) is 5.95. The van der Waals surface area contributed by atoms with Crippen LogP contribution in [0, 0.1) is 0 Å². The van der Waals surface area contributed by atoms with Gasteiger partial charge in [0.15, 0.2) is 4.34 Å². The highest BCUT2D eigenvalue weighted by molar-refractivity contribution is 8.01. The first kappa shape index (κ1) is 15.7. The average molecular weight is 319 g/mol. The Morgan fingerprint density at radius 2 is 2.19 bits per heavy atom. The van der Waals surface area contributed by atoms with Gasteiger partial charge in [-0.3, -0.25) is 10.1 Å². The molecule has 1 N–H and O–H groups in total. The van der Waals surface area contributed by atoms with Crippen LogP contribution in [0.3, 0.4) is 0 Å². The Balaban J connectivity index is 2.02. The van der Waals surface area contributed by atoms with Crippen LogP contribution >= 0.6 is 23.1 Å². The number of carbonyl (C=O) groups excluding carboxylic acids is 1. The maximum Gasteiger partial charge on any atom is 0.233 e. The average Bonchev–Trinajstić information content (AvgIpc) is 2.94. The number of carbonyl (C=O) groups is 1. The first-order valence-corrected chi connectivity index (χ1v) is 8.47. The molecule has 0 radical (unpaired) electrons. The van der Waals surface area contributed by atoms with Gasteiger partial charge in [0.25, 0.3) is 0 Å². The van der Waals surface area contributed by atoms with Gasteiger partial charge in [0.05, 0.1) is 5.92 Å². The van der Waals surface area contributed by atoms with Crippen molar-refractivity contribution in [3.63, 3.8) is 0 Å². The van der Waals surface area contributed by atoms with E-state index in [4.69, 9.17) is 0 Å². The van der Waals surface area contributed by atoms with Crippen molar-refractivity contribution in [2.75, 3.05) is 11.1 Å². The quantitative estimate of drug-likeness (QED) is 0.477. The molecule has 0 aliphatic carbocycles. The number of nitrogens with zero attached hydrogens (tertiary/aromatic N) is 2. The molecule has 2 aromatic rings. The van der Waals surface area contributed by atoms with E-state index in [0.717, 1.165) is 22.1 Å². The topological polar surface area (TPSA) is 54.9 Å². The summed E-state index contributed by atoms with van der Waals surface area (Å²) < 4.78 is 0.831. The van der Waals surface area contributed by atoms with Gasteiger partial charge in [-0.25, -0.2) is 0 Å². The Hall–Kier alpha value is -1.66. The molecule has 0 spiro atoms. The molecule has 21 heavy (non-hydrogen) atoms. The summed E-state index contributed by atoms with van der Waals surface area (Å²) in [4.78, 5) is 12.4. The Bertz CT molecular complexity index is 598. The van der Waals surface area contributed by atoms with Crippen LogP contribution in [-0.4, -0.2) is 21.9 Å². The Labute approximate surface area is 132 Å². The van der Waals surface area contributed by atoms with Gasteiger partial charge in [0, 0.05) is 5.75 Å². The Morgan fingerprint density at radius 1 is 1.43 bits per heavy atom. The Morgan fingerprint density at radius 3 is 2.86 bits per heavy atom. The zero-order chi connectivity index (χ0) is 15.1. The number of benzene rings is 1. The lowest BCUT2D eigenvalue weighted by Crippen LogP contribution is -2.20. The van der Waals surface area contributed by atoms with Gasteiger partial charge in [0.2, 0.25) is 11.0 Å². The third kappa shape index (κ3) is 4.41. The smallest absolute Gasteiger partial charge is 0.233 e. The molecule has 0 bridgehead atoms. The summed E-state index contributed by atoms with van der Waals surface area (Å²) in [5.74, 6) is 0.573. The highest BCUT2D eigenvalue weighted by Crippen LogP contribution is 2.27. The van der Waals surface area contributed by atoms with Gasteiger partial charge >= 0.3 is 0 Å². The number of hydrogen-bond donors (Lipinski definition) is 1. The summed E-state index contributed by atoms with van der Waals surface area (Å²) in [6, 6.07) is 9.78. The third-order valence-electron chi connectivity index (χ3n) is 2.89. The number of nitrogens with one attached hydrogen (secondary N) is 1. The SMILES string of the molecule is C=CCSc1nnc(NC(=O)[C@@H](CC)c2ccccc2)s1. The molecule has 1 atom stereocenters. The summed E-state index contributed by atoms with van der Waals surface area (Å²) in [5, 5.41) is 11.4. The lowest BCUT2D eigenvalue weighted by Gasteiger charge is -2.13. The number of hydrogen-bond acceptors (Lipinski definition) is 5. The minimum Gasteiger partial charge on any atom is -0.300 e. The normalized spacial score (nSPS) is 11.9. The molecule has 1 amide bonds. The standard InChI is InChI=1S/C15H17N3OS2/c1-3-10-20-15-18-17-14(21-15)16-13(19)12(4-2)11-8-6-5-7-9-11/h3,5-9,12H,1,4,10H2,2H3,(H,16,17,19)/t12-/m0/s1. The number of anilines is 1. The second kappa shape index (κ2) is 7.95. The first-order valence-electron chi connectivity index (χ1n) is 6.67. The van der Waals surface area contributed by atoms with Crippen molar-refractivity contribution < 1.29 is 4.79 Å². The van der Waals surface area contributed by atoms with E-state index in [2.05, 4.69) is 22.1 Å². The molecule has 0 aliphatic rings. The van der Waals surface area contributed by atoms with Crippen LogP contribution in [0.1, 0.15) is 24.8 Å². The predicted molar refractivity (Wildman–Crippen MR) is 88.9 cm³/mol. The van der Waals surface area contributed by atoms with Crippen LogP contribution in [0.25, 0.3) is 0 Å². The molecule has 2 rings (SSSR count). The van der Waals surface area contributed by atoms with E-state index in [1.165, 1.54) is 11.3 Å². The van der Waals surface area contributed by atoms with Gasteiger partial charge in [0.1, 0.15) is 0 Å². The largest absolute Gasteiger partial charge is 0.300 e. The molecule has 1 heterocycles. The van der Waals surface area contributed by atoms with Crippen LogP contribution in [0.15, 0.2) is 47.3 Å². The van der Waals surface area contributed by atoms with E-state index in [9.17, 15) is 4.79 Å². The number of thioether (sulfide) groups is 1. The fourth-order valence-electron chi connectivity index (χ4n) is 1.90.